The van der Waals surface area contributed by atoms with Gasteiger partial charge in [-0.3, -0.25) is 4.79 Å². The molecule has 2 N–H and O–H groups in total. The second-order valence-electron chi connectivity index (χ2n) is 6.98. The average molecular weight is 388 g/mol. The van der Waals surface area contributed by atoms with Crippen molar-refractivity contribution in [3.63, 3.8) is 0 Å². The number of carbonyl (C=O) groups excluding carboxylic acids is 1. The molecular formula is C22H23F3N2O. The summed E-state index contributed by atoms with van der Waals surface area (Å²) in [6.07, 6.45) is -0.341. The van der Waals surface area contributed by atoms with E-state index in [1.807, 2.05) is 16.7 Å². The van der Waals surface area contributed by atoms with Crippen molar-refractivity contribution in [2.75, 3.05) is 0 Å². The van der Waals surface area contributed by atoms with Crippen molar-refractivity contribution in [2.24, 2.45) is 5.73 Å². The summed E-state index contributed by atoms with van der Waals surface area (Å²) in [7, 11) is 0. The van der Waals surface area contributed by atoms with Crippen LogP contribution in [0.25, 0.3) is 10.9 Å². The summed E-state index contributed by atoms with van der Waals surface area (Å²) < 4.78 is 40.5. The van der Waals surface area contributed by atoms with Crippen molar-refractivity contribution in [3.8, 4) is 0 Å². The Hall–Kier alpha value is -2.76. The summed E-state index contributed by atoms with van der Waals surface area (Å²) in [4.78, 5) is 11.9. The Morgan fingerprint density at radius 2 is 1.79 bits per heavy atom. The van der Waals surface area contributed by atoms with Crippen LogP contribution in [0.2, 0.25) is 0 Å². The molecule has 0 saturated heterocycles. The first-order valence-corrected chi connectivity index (χ1v) is 9.38. The number of carbonyl (C=O) groups is 1. The Morgan fingerprint density at radius 1 is 1.07 bits per heavy atom. The minimum atomic E-state index is -4.36. The number of nitrogens with zero attached hydrogens (tertiary/aromatic N) is 1. The summed E-state index contributed by atoms with van der Waals surface area (Å²) in [6, 6.07) is 12.6. The van der Waals surface area contributed by atoms with E-state index in [1.165, 1.54) is 12.1 Å². The molecule has 148 valence electrons. The van der Waals surface area contributed by atoms with E-state index in [9.17, 15) is 18.0 Å². The third-order valence-corrected chi connectivity index (χ3v) is 4.93. The molecule has 0 aliphatic heterocycles. The van der Waals surface area contributed by atoms with Gasteiger partial charge in [-0.2, -0.15) is 13.2 Å². The molecule has 1 amide bonds. The van der Waals surface area contributed by atoms with Crippen LogP contribution in [0.1, 0.15) is 53.4 Å². The minimum Gasteiger partial charge on any atom is -0.366 e. The number of rotatable bonds is 7. The highest BCUT2D eigenvalue weighted by Crippen LogP contribution is 2.30. The maximum Gasteiger partial charge on any atom is 0.416 e. The molecule has 1 heterocycles. The summed E-state index contributed by atoms with van der Waals surface area (Å²) >= 11 is 0. The monoisotopic (exact) mass is 388 g/mol. The van der Waals surface area contributed by atoms with Gasteiger partial charge in [0.05, 0.1) is 16.6 Å². The minimum absolute atomic E-state index is 0.382. The molecule has 0 atom stereocenters. The molecule has 0 radical (unpaired) electrons. The van der Waals surface area contributed by atoms with E-state index in [0.29, 0.717) is 12.1 Å². The number of unbranched alkanes of at least 4 members (excludes halogenated alkanes) is 2. The van der Waals surface area contributed by atoms with Crippen LogP contribution in [-0.4, -0.2) is 10.5 Å². The van der Waals surface area contributed by atoms with E-state index in [-0.39, 0.29) is 0 Å². The number of hydrogen-bond acceptors (Lipinski definition) is 1. The van der Waals surface area contributed by atoms with Crippen LogP contribution in [0.3, 0.4) is 0 Å². The largest absolute Gasteiger partial charge is 0.416 e. The van der Waals surface area contributed by atoms with Crippen molar-refractivity contribution in [1.29, 1.82) is 0 Å². The second kappa shape index (κ2) is 8.09. The molecule has 0 fully saturated rings. The van der Waals surface area contributed by atoms with Crippen molar-refractivity contribution in [1.82, 2.24) is 4.57 Å². The predicted molar refractivity (Wildman–Crippen MR) is 104 cm³/mol. The number of hydrogen-bond donors (Lipinski definition) is 1. The zero-order valence-corrected chi connectivity index (χ0v) is 15.7. The Bertz CT molecular complexity index is 972. The zero-order chi connectivity index (χ0) is 20.3. The van der Waals surface area contributed by atoms with Gasteiger partial charge in [0, 0.05) is 17.6 Å². The molecule has 1 aromatic heterocycles. The summed E-state index contributed by atoms with van der Waals surface area (Å²) in [5, 5.41) is 0.912. The number of halogens is 3. The van der Waals surface area contributed by atoms with Gasteiger partial charge in [0.1, 0.15) is 0 Å². The van der Waals surface area contributed by atoms with Gasteiger partial charge in [0.2, 0.25) is 0 Å². The number of amides is 1. The Labute approximate surface area is 162 Å². The van der Waals surface area contributed by atoms with Crippen LogP contribution in [0.5, 0.6) is 0 Å². The molecule has 0 spiro atoms. The number of nitrogens with two attached hydrogens (primary N) is 1. The number of fused-ring (bicyclic) bond motifs is 1. The fourth-order valence-electron chi connectivity index (χ4n) is 3.50. The lowest BCUT2D eigenvalue weighted by atomic mass is 10.1. The number of primary amides is 1. The van der Waals surface area contributed by atoms with Gasteiger partial charge in [0.25, 0.3) is 5.91 Å². The van der Waals surface area contributed by atoms with Crippen LogP contribution < -0.4 is 5.73 Å². The smallest absolute Gasteiger partial charge is 0.366 e. The van der Waals surface area contributed by atoms with Crippen LogP contribution in [0.4, 0.5) is 13.2 Å². The van der Waals surface area contributed by atoms with E-state index in [1.54, 1.807) is 12.1 Å². The SMILES string of the molecule is CCCCCc1cc2cccc(C(N)=O)c2n1Cc1ccc(C(F)(F)F)cc1. The number of aromatic nitrogens is 1. The van der Waals surface area contributed by atoms with Gasteiger partial charge < -0.3 is 10.3 Å². The number of para-hydroxylation sites is 1. The quantitative estimate of drug-likeness (QED) is 0.531. The van der Waals surface area contributed by atoms with E-state index in [4.69, 9.17) is 5.73 Å². The fourth-order valence-corrected chi connectivity index (χ4v) is 3.50. The van der Waals surface area contributed by atoms with E-state index >= 15 is 0 Å². The molecule has 3 nitrogen and oxygen atoms in total. The first-order valence-electron chi connectivity index (χ1n) is 9.38. The third-order valence-electron chi connectivity index (χ3n) is 4.93. The van der Waals surface area contributed by atoms with Crippen molar-refractivity contribution in [3.05, 3.63) is 70.9 Å². The van der Waals surface area contributed by atoms with E-state index in [2.05, 4.69) is 6.92 Å². The Morgan fingerprint density at radius 3 is 2.39 bits per heavy atom. The average Bonchev–Trinajstić information content (AvgIpc) is 2.99. The highest BCUT2D eigenvalue weighted by Gasteiger charge is 2.30. The number of aryl methyl sites for hydroxylation is 1. The molecule has 2 aromatic carbocycles. The van der Waals surface area contributed by atoms with Crippen LogP contribution in [-0.2, 0) is 19.1 Å². The number of benzene rings is 2. The second-order valence-corrected chi connectivity index (χ2v) is 6.98. The maximum absolute atomic E-state index is 12.8. The Balaban J connectivity index is 2.03. The van der Waals surface area contributed by atoms with Gasteiger partial charge in [0.15, 0.2) is 0 Å². The molecule has 3 rings (SSSR count). The van der Waals surface area contributed by atoms with Gasteiger partial charge in [-0.15, -0.1) is 0 Å². The summed E-state index contributed by atoms with van der Waals surface area (Å²) in [5.41, 5.74) is 7.84. The molecular weight excluding hydrogens is 365 g/mol. The number of alkyl halides is 3. The van der Waals surface area contributed by atoms with Gasteiger partial charge >= 0.3 is 6.18 Å². The molecule has 0 saturated carbocycles. The van der Waals surface area contributed by atoms with Crippen LogP contribution in [0.15, 0.2) is 48.5 Å². The molecule has 28 heavy (non-hydrogen) atoms. The molecule has 0 aliphatic carbocycles. The fraction of sp³-hybridized carbons (Fsp3) is 0.318. The first-order chi connectivity index (χ1) is 13.3. The maximum atomic E-state index is 12.8. The lowest BCUT2D eigenvalue weighted by Gasteiger charge is -2.14. The summed E-state index contributed by atoms with van der Waals surface area (Å²) in [6.45, 7) is 2.51. The molecule has 0 bridgehead atoms. The van der Waals surface area contributed by atoms with Crippen molar-refractivity contribution < 1.29 is 18.0 Å². The molecule has 3 aromatic rings. The highest BCUT2D eigenvalue weighted by atomic mass is 19.4. The van der Waals surface area contributed by atoms with Gasteiger partial charge in [-0.05, 0) is 42.7 Å². The Kier molecular flexibility index (Phi) is 5.77. The van der Waals surface area contributed by atoms with E-state index in [0.717, 1.165) is 60.0 Å². The zero-order valence-electron chi connectivity index (χ0n) is 15.7. The molecule has 0 aliphatic rings. The standard InChI is InChI=1S/C22H23F3N2O/c1-2-3-4-7-18-13-16-6-5-8-19(21(26)28)20(16)27(18)14-15-9-11-17(12-10-15)22(23,24)25/h5-6,8-13H,2-4,7,14H2,1H3,(H2,26,28). The van der Waals surface area contributed by atoms with Crippen molar-refractivity contribution >= 4 is 16.8 Å². The van der Waals surface area contributed by atoms with Crippen LogP contribution >= 0.6 is 0 Å². The summed E-state index contributed by atoms with van der Waals surface area (Å²) in [5.74, 6) is -0.516. The van der Waals surface area contributed by atoms with Gasteiger partial charge in [-0.1, -0.05) is 44.0 Å². The van der Waals surface area contributed by atoms with Gasteiger partial charge in [-0.25, -0.2) is 0 Å². The lowest BCUT2D eigenvalue weighted by Crippen LogP contribution is -2.14. The lowest BCUT2D eigenvalue weighted by molar-refractivity contribution is -0.137. The first kappa shape index (κ1) is 20.0. The van der Waals surface area contributed by atoms with E-state index < -0.39 is 17.6 Å². The van der Waals surface area contributed by atoms with Crippen molar-refractivity contribution in [2.45, 2.75) is 45.3 Å². The highest BCUT2D eigenvalue weighted by molar-refractivity contribution is 6.05. The third kappa shape index (κ3) is 4.21. The molecule has 0 unspecified atom stereocenters. The topological polar surface area (TPSA) is 48.0 Å². The predicted octanol–water partition coefficient (Wildman–Crippen LogP) is 5.54. The normalized spacial score (nSPS) is 11.9. The molecule has 6 heteroatoms. The van der Waals surface area contributed by atoms with Crippen LogP contribution in [0, 0.1) is 0 Å².